The van der Waals surface area contributed by atoms with Gasteiger partial charge in [-0.1, -0.05) is 47.0 Å². The monoisotopic (exact) mass is 580 g/mol. The van der Waals surface area contributed by atoms with Gasteiger partial charge in [0.15, 0.2) is 0 Å². The standard InChI is InChI=1S/C28H25IN2O4/c1-16-5-7-21(8-6-16)31-27(33)23(26(32)30-28(31)34)13-20-14-24(29)22(25(15-20)35-4)12-19-10-17(2)9-18(3)11-19/h5-11,13-15H,12H2,1-4H3,(H,30,32,34)/b23-13+. The fraction of sp³-hybridized carbons (Fsp3) is 0.179. The van der Waals surface area contributed by atoms with Crippen LogP contribution in [-0.2, 0) is 16.0 Å². The van der Waals surface area contributed by atoms with E-state index in [4.69, 9.17) is 4.74 Å². The molecule has 1 N–H and O–H groups in total. The molecule has 0 aromatic heterocycles. The first-order valence-electron chi connectivity index (χ1n) is 11.1. The molecule has 0 aliphatic carbocycles. The fourth-order valence-electron chi connectivity index (χ4n) is 4.20. The maximum atomic E-state index is 13.2. The molecule has 7 heteroatoms. The number of carbonyl (C=O) groups is 3. The van der Waals surface area contributed by atoms with E-state index in [2.05, 4.69) is 60.0 Å². The molecule has 4 amide bonds. The van der Waals surface area contributed by atoms with Gasteiger partial charge in [-0.3, -0.25) is 14.9 Å². The average Bonchev–Trinajstić information content (AvgIpc) is 2.78. The Morgan fingerprint density at radius 2 is 1.57 bits per heavy atom. The van der Waals surface area contributed by atoms with Crippen LogP contribution in [0.25, 0.3) is 6.08 Å². The van der Waals surface area contributed by atoms with Gasteiger partial charge in [0.1, 0.15) is 11.3 Å². The molecule has 3 aromatic carbocycles. The van der Waals surface area contributed by atoms with Gasteiger partial charge in [-0.25, -0.2) is 9.69 Å². The Balaban J connectivity index is 1.70. The molecule has 0 spiro atoms. The summed E-state index contributed by atoms with van der Waals surface area (Å²) in [5.41, 5.74) is 6.50. The zero-order valence-electron chi connectivity index (χ0n) is 19.9. The molecular formula is C28H25IN2O4. The number of rotatable bonds is 5. The summed E-state index contributed by atoms with van der Waals surface area (Å²) in [5, 5.41) is 2.27. The number of barbiturate groups is 1. The van der Waals surface area contributed by atoms with Crippen LogP contribution in [0.1, 0.15) is 33.4 Å². The Labute approximate surface area is 218 Å². The number of carbonyl (C=O) groups excluding carboxylic acids is 3. The van der Waals surface area contributed by atoms with Crippen molar-refractivity contribution in [2.45, 2.75) is 27.2 Å². The van der Waals surface area contributed by atoms with Gasteiger partial charge < -0.3 is 4.74 Å². The van der Waals surface area contributed by atoms with Crippen LogP contribution in [0.3, 0.4) is 0 Å². The van der Waals surface area contributed by atoms with Gasteiger partial charge in [-0.15, -0.1) is 0 Å². The van der Waals surface area contributed by atoms with E-state index in [9.17, 15) is 14.4 Å². The van der Waals surface area contributed by atoms with Crippen molar-refractivity contribution < 1.29 is 19.1 Å². The highest BCUT2D eigenvalue weighted by atomic mass is 127. The molecule has 6 nitrogen and oxygen atoms in total. The zero-order chi connectivity index (χ0) is 25.3. The van der Waals surface area contributed by atoms with Crippen molar-refractivity contribution in [2.24, 2.45) is 0 Å². The molecule has 0 saturated carbocycles. The highest BCUT2D eigenvalue weighted by molar-refractivity contribution is 14.1. The molecule has 3 aromatic rings. The lowest BCUT2D eigenvalue weighted by molar-refractivity contribution is -0.122. The molecule has 1 aliphatic heterocycles. The van der Waals surface area contributed by atoms with Crippen LogP contribution in [-0.4, -0.2) is 25.0 Å². The van der Waals surface area contributed by atoms with Crippen LogP contribution >= 0.6 is 22.6 Å². The summed E-state index contributed by atoms with van der Waals surface area (Å²) in [6.45, 7) is 6.06. The smallest absolute Gasteiger partial charge is 0.335 e. The van der Waals surface area contributed by atoms with E-state index in [0.29, 0.717) is 23.4 Å². The third-order valence-electron chi connectivity index (χ3n) is 5.76. The normalized spacial score (nSPS) is 14.9. The van der Waals surface area contributed by atoms with Crippen molar-refractivity contribution in [3.05, 3.63) is 97.1 Å². The Hall–Kier alpha value is -3.46. The number of benzene rings is 3. The second-order valence-corrected chi connectivity index (χ2v) is 9.81. The van der Waals surface area contributed by atoms with E-state index in [1.807, 2.05) is 13.0 Å². The molecule has 1 fully saturated rings. The number of aryl methyl sites for hydroxylation is 3. The molecule has 178 valence electrons. The van der Waals surface area contributed by atoms with Gasteiger partial charge in [0.05, 0.1) is 12.8 Å². The van der Waals surface area contributed by atoms with Gasteiger partial charge >= 0.3 is 6.03 Å². The minimum atomic E-state index is -0.767. The summed E-state index contributed by atoms with van der Waals surface area (Å²) in [7, 11) is 1.60. The number of ether oxygens (including phenoxy) is 1. The van der Waals surface area contributed by atoms with Crippen molar-refractivity contribution in [3.8, 4) is 5.75 Å². The van der Waals surface area contributed by atoms with Crippen molar-refractivity contribution in [1.29, 1.82) is 0 Å². The molecule has 1 heterocycles. The maximum absolute atomic E-state index is 13.2. The van der Waals surface area contributed by atoms with Crippen LogP contribution in [0.2, 0.25) is 0 Å². The topological polar surface area (TPSA) is 75.7 Å². The Kier molecular flexibility index (Phi) is 7.07. The van der Waals surface area contributed by atoms with E-state index >= 15 is 0 Å². The van der Waals surface area contributed by atoms with Gasteiger partial charge in [0.2, 0.25) is 0 Å². The Morgan fingerprint density at radius 3 is 2.20 bits per heavy atom. The van der Waals surface area contributed by atoms with Gasteiger partial charge in [-0.05, 0) is 84.8 Å². The lowest BCUT2D eigenvalue weighted by Gasteiger charge is -2.26. The van der Waals surface area contributed by atoms with Crippen LogP contribution in [0, 0.1) is 24.3 Å². The largest absolute Gasteiger partial charge is 0.496 e. The number of imide groups is 2. The van der Waals surface area contributed by atoms with E-state index in [0.717, 1.165) is 19.6 Å². The molecule has 35 heavy (non-hydrogen) atoms. The number of amides is 4. The molecule has 1 saturated heterocycles. The Morgan fingerprint density at radius 1 is 0.914 bits per heavy atom. The SMILES string of the molecule is COc1cc(/C=C2\C(=O)NC(=O)N(c3ccc(C)cc3)C2=O)cc(I)c1Cc1cc(C)cc(C)c1. The van der Waals surface area contributed by atoms with Crippen LogP contribution in [0.15, 0.2) is 60.2 Å². The second-order valence-electron chi connectivity index (χ2n) is 8.65. The van der Waals surface area contributed by atoms with Crippen LogP contribution in [0.5, 0.6) is 5.75 Å². The first kappa shape index (κ1) is 24.7. The average molecular weight is 580 g/mol. The molecule has 0 unspecified atom stereocenters. The number of nitrogens with zero attached hydrogens (tertiary/aromatic N) is 1. The van der Waals surface area contributed by atoms with Crippen molar-refractivity contribution in [1.82, 2.24) is 5.32 Å². The zero-order valence-corrected chi connectivity index (χ0v) is 22.1. The molecule has 1 aliphatic rings. The molecular weight excluding hydrogens is 555 g/mol. The van der Waals surface area contributed by atoms with Crippen molar-refractivity contribution in [2.75, 3.05) is 12.0 Å². The molecule has 0 bridgehead atoms. The van der Waals surface area contributed by atoms with Crippen LogP contribution < -0.4 is 15.0 Å². The van der Waals surface area contributed by atoms with Gasteiger partial charge in [0, 0.05) is 15.6 Å². The van der Waals surface area contributed by atoms with E-state index in [1.165, 1.54) is 22.8 Å². The molecule has 0 radical (unpaired) electrons. The number of methoxy groups -OCH3 is 1. The molecule has 4 rings (SSSR count). The van der Waals surface area contributed by atoms with Gasteiger partial charge in [-0.2, -0.15) is 0 Å². The first-order chi connectivity index (χ1) is 16.7. The van der Waals surface area contributed by atoms with E-state index in [-0.39, 0.29) is 5.57 Å². The summed E-state index contributed by atoms with van der Waals surface area (Å²) in [5.74, 6) is -0.731. The highest BCUT2D eigenvalue weighted by Crippen LogP contribution is 2.31. The number of urea groups is 1. The lowest BCUT2D eigenvalue weighted by Crippen LogP contribution is -2.54. The summed E-state index contributed by atoms with van der Waals surface area (Å²) in [6.07, 6.45) is 2.19. The fourth-order valence-corrected chi connectivity index (χ4v) is 5.01. The number of anilines is 1. The number of hydrogen-bond donors (Lipinski definition) is 1. The van der Waals surface area contributed by atoms with E-state index in [1.54, 1.807) is 37.4 Å². The lowest BCUT2D eigenvalue weighted by atomic mass is 9.98. The number of hydrogen-bond acceptors (Lipinski definition) is 4. The summed E-state index contributed by atoms with van der Waals surface area (Å²) in [4.78, 5) is 39.2. The van der Waals surface area contributed by atoms with Gasteiger partial charge in [0.25, 0.3) is 11.8 Å². The number of halogens is 1. The van der Waals surface area contributed by atoms with Crippen molar-refractivity contribution in [3.63, 3.8) is 0 Å². The second kappa shape index (κ2) is 10.0. The Bertz CT molecular complexity index is 1360. The third kappa shape index (κ3) is 5.30. The molecule has 0 atom stereocenters. The summed E-state index contributed by atoms with van der Waals surface area (Å²) < 4.78 is 6.62. The summed E-state index contributed by atoms with van der Waals surface area (Å²) in [6, 6.07) is 16.3. The minimum absolute atomic E-state index is 0.120. The quantitative estimate of drug-likeness (QED) is 0.247. The predicted octanol–water partition coefficient (Wildman–Crippen LogP) is 5.48. The predicted molar refractivity (Wildman–Crippen MR) is 145 cm³/mol. The van der Waals surface area contributed by atoms with Crippen LogP contribution in [0.4, 0.5) is 10.5 Å². The highest BCUT2D eigenvalue weighted by Gasteiger charge is 2.36. The minimum Gasteiger partial charge on any atom is -0.496 e. The third-order valence-corrected chi connectivity index (χ3v) is 6.73. The van der Waals surface area contributed by atoms with Crippen molar-refractivity contribution >= 4 is 52.2 Å². The van der Waals surface area contributed by atoms with E-state index < -0.39 is 17.8 Å². The summed E-state index contributed by atoms with van der Waals surface area (Å²) >= 11 is 2.24. The maximum Gasteiger partial charge on any atom is 0.335 e. The number of nitrogens with one attached hydrogen (secondary N) is 1. The first-order valence-corrected chi connectivity index (χ1v) is 12.2.